The minimum Gasteiger partial charge on any atom is -0.488 e. The topological polar surface area (TPSA) is 184 Å². The molecule has 0 radical (unpaired) electrons. The molecule has 4 N–H and O–H groups in total. The van der Waals surface area contributed by atoms with Gasteiger partial charge in [0.25, 0.3) is 0 Å². The zero-order valence-electron chi connectivity index (χ0n) is 36.6. The first-order valence-corrected chi connectivity index (χ1v) is 21.4. The number of nitrogens with zero attached hydrogens (tertiary/aromatic N) is 4. The number of fused-ring (bicyclic) bond motifs is 6. The highest BCUT2D eigenvalue weighted by Gasteiger charge is 2.32. The van der Waals surface area contributed by atoms with E-state index in [1.165, 1.54) is 14.2 Å². The summed E-state index contributed by atoms with van der Waals surface area (Å²) in [5.41, 5.74) is 6.49. The first-order valence-electron chi connectivity index (χ1n) is 21.4. The molecular weight excluding hydrogens is 777 g/mol. The molecule has 0 aliphatic carbocycles. The van der Waals surface area contributed by atoms with Gasteiger partial charge in [0, 0.05) is 24.0 Å². The number of carbonyl (C=O) groups excluding carboxylic acids is 4. The Morgan fingerprint density at radius 1 is 0.787 bits per heavy atom. The van der Waals surface area contributed by atoms with Crippen LogP contribution < -0.4 is 15.4 Å². The maximum Gasteiger partial charge on any atom is 0.407 e. The summed E-state index contributed by atoms with van der Waals surface area (Å²) >= 11 is 0. The van der Waals surface area contributed by atoms with E-state index in [2.05, 4.69) is 62.8 Å². The molecule has 0 spiro atoms. The number of ether oxygens (including phenoxy) is 3. The van der Waals surface area contributed by atoms with E-state index in [1.807, 2.05) is 46.8 Å². The SMILES string of the molecule is CCCCN(Cc1nc2c(ccc3cc4c(cc32)OCc2cc(-c3cnc(CN(CCC)C(=O)[C@@H](NC(=O)OC)[C@@H](C)CC)[nH]3)ccc2-4)[nH]1)C(=O)[C@@H](NC(=O)OC)[C@@H](C)CC. The molecule has 0 saturated carbocycles. The fourth-order valence-electron chi connectivity index (χ4n) is 7.82. The van der Waals surface area contributed by atoms with Crippen LogP contribution in [0.2, 0.25) is 0 Å². The average molecular weight is 837 g/mol. The van der Waals surface area contributed by atoms with Crippen LogP contribution >= 0.6 is 0 Å². The van der Waals surface area contributed by atoms with Crippen LogP contribution in [0.15, 0.2) is 48.7 Å². The second-order valence-corrected chi connectivity index (χ2v) is 16.0. The zero-order valence-corrected chi connectivity index (χ0v) is 36.6. The molecule has 3 aromatic carbocycles. The largest absolute Gasteiger partial charge is 0.488 e. The average Bonchev–Trinajstić information content (AvgIpc) is 3.93. The minimum absolute atomic E-state index is 0.0825. The Morgan fingerprint density at radius 3 is 2.07 bits per heavy atom. The van der Waals surface area contributed by atoms with E-state index in [-0.39, 0.29) is 36.7 Å². The van der Waals surface area contributed by atoms with Crippen molar-refractivity contribution in [3.05, 3.63) is 65.9 Å². The summed E-state index contributed by atoms with van der Waals surface area (Å²) < 4.78 is 16.0. The maximum absolute atomic E-state index is 13.9. The van der Waals surface area contributed by atoms with E-state index in [0.717, 1.165) is 74.8 Å². The van der Waals surface area contributed by atoms with Crippen molar-refractivity contribution in [2.45, 2.75) is 105 Å². The fourth-order valence-corrected chi connectivity index (χ4v) is 7.82. The van der Waals surface area contributed by atoms with Crippen molar-refractivity contribution in [2.24, 2.45) is 11.8 Å². The second-order valence-electron chi connectivity index (χ2n) is 16.0. The van der Waals surface area contributed by atoms with Gasteiger partial charge < -0.3 is 44.6 Å². The molecule has 0 fully saturated rings. The predicted octanol–water partition coefficient (Wildman–Crippen LogP) is 8.07. The van der Waals surface area contributed by atoms with Crippen LogP contribution in [0.25, 0.3) is 44.2 Å². The van der Waals surface area contributed by atoms with Crippen LogP contribution in [-0.2, 0) is 38.8 Å². The van der Waals surface area contributed by atoms with Gasteiger partial charge in [-0.25, -0.2) is 19.6 Å². The quantitative estimate of drug-likeness (QED) is 0.0678. The summed E-state index contributed by atoms with van der Waals surface area (Å²) in [6.45, 7) is 13.9. The van der Waals surface area contributed by atoms with Gasteiger partial charge in [0.15, 0.2) is 0 Å². The van der Waals surface area contributed by atoms with Gasteiger partial charge in [-0.15, -0.1) is 0 Å². The lowest BCUT2D eigenvalue weighted by atomic mass is 9.92. The number of nitrogens with one attached hydrogen (secondary N) is 4. The Kier molecular flexibility index (Phi) is 14.5. The maximum atomic E-state index is 13.9. The van der Waals surface area contributed by atoms with E-state index in [9.17, 15) is 19.2 Å². The van der Waals surface area contributed by atoms with Crippen molar-refractivity contribution in [1.29, 1.82) is 0 Å². The van der Waals surface area contributed by atoms with Crippen molar-refractivity contribution in [3.63, 3.8) is 0 Å². The van der Waals surface area contributed by atoms with Crippen LogP contribution in [0.1, 0.15) is 90.9 Å². The third-order valence-electron chi connectivity index (χ3n) is 11.8. The fraction of sp³-hybridized carbons (Fsp3) is 0.478. The standard InChI is InChI=1S/C46H60N8O7/c1-9-13-19-54(44(56)41(28(6)12-4)52-46(58)60-8)25-39-48-35-17-15-29-21-34-32-16-14-30(20-31(32)26-61-37(34)22-33(29)42(35)50-39)36-23-47-38(49-36)24-53(18-10-2)43(55)40(27(5)11-3)51-45(57)59-7/h14-17,20-23,27-28,40-41H,9-13,18-19,24-26H2,1-8H3,(H,47,49)(H,48,50)(H,51,57)(H,52,58)/t27-,28-,40-,41-/m0/s1. The van der Waals surface area contributed by atoms with Gasteiger partial charge >= 0.3 is 12.2 Å². The van der Waals surface area contributed by atoms with Crippen molar-refractivity contribution in [3.8, 4) is 28.1 Å². The molecule has 1 aliphatic rings. The first kappa shape index (κ1) is 44.4. The molecule has 61 heavy (non-hydrogen) atoms. The summed E-state index contributed by atoms with van der Waals surface area (Å²) in [5, 5.41) is 7.43. The van der Waals surface area contributed by atoms with E-state index < -0.39 is 24.3 Å². The van der Waals surface area contributed by atoms with Crippen LogP contribution in [0.3, 0.4) is 0 Å². The number of aromatic nitrogens is 4. The molecule has 0 bridgehead atoms. The monoisotopic (exact) mass is 836 g/mol. The summed E-state index contributed by atoms with van der Waals surface area (Å²) in [4.78, 5) is 72.0. The lowest BCUT2D eigenvalue weighted by molar-refractivity contribution is -0.136. The van der Waals surface area contributed by atoms with Gasteiger partial charge in [-0.2, -0.15) is 0 Å². The molecule has 2 aromatic heterocycles. The molecule has 4 amide bonds. The Balaban J connectivity index is 1.23. The number of hydrogen-bond donors (Lipinski definition) is 4. The van der Waals surface area contributed by atoms with E-state index in [4.69, 9.17) is 19.2 Å². The van der Waals surface area contributed by atoms with E-state index in [1.54, 1.807) is 16.0 Å². The van der Waals surface area contributed by atoms with E-state index in [0.29, 0.717) is 44.2 Å². The Bertz CT molecular complexity index is 2350. The number of amides is 4. The molecule has 5 aromatic rings. The third kappa shape index (κ3) is 9.92. The predicted molar refractivity (Wildman–Crippen MR) is 235 cm³/mol. The Labute approximate surface area is 357 Å². The minimum atomic E-state index is -0.718. The highest BCUT2D eigenvalue weighted by atomic mass is 16.5. The normalized spacial score (nSPS) is 13.9. The Morgan fingerprint density at radius 2 is 1.44 bits per heavy atom. The molecule has 15 heteroatoms. The summed E-state index contributed by atoms with van der Waals surface area (Å²) in [6, 6.07) is 13.1. The van der Waals surface area contributed by atoms with Gasteiger partial charge in [0.2, 0.25) is 11.8 Å². The lowest BCUT2D eigenvalue weighted by Gasteiger charge is -2.30. The number of methoxy groups -OCH3 is 2. The molecule has 1 aliphatic heterocycles. The number of carbonyl (C=O) groups is 4. The van der Waals surface area contributed by atoms with Crippen molar-refractivity contribution in [2.75, 3.05) is 27.3 Å². The van der Waals surface area contributed by atoms with Gasteiger partial charge in [-0.05, 0) is 71.0 Å². The summed E-state index contributed by atoms with van der Waals surface area (Å²) in [5.74, 6) is 1.55. The Hall–Kier alpha value is -6.12. The number of imidazole rings is 2. The van der Waals surface area contributed by atoms with Gasteiger partial charge in [-0.1, -0.05) is 79.0 Å². The number of H-pyrrole nitrogens is 2. The molecule has 4 atom stereocenters. The lowest BCUT2D eigenvalue weighted by Crippen LogP contribution is -2.51. The number of benzene rings is 3. The van der Waals surface area contributed by atoms with Crippen LogP contribution in [0.5, 0.6) is 5.75 Å². The third-order valence-corrected chi connectivity index (χ3v) is 11.8. The molecule has 326 valence electrons. The highest BCUT2D eigenvalue weighted by Crippen LogP contribution is 2.42. The molecule has 6 rings (SSSR count). The van der Waals surface area contributed by atoms with Crippen LogP contribution in [-0.4, -0.2) is 93.1 Å². The van der Waals surface area contributed by atoms with Crippen LogP contribution in [0.4, 0.5) is 9.59 Å². The van der Waals surface area contributed by atoms with Gasteiger partial charge in [0.1, 0.15) is 36.1 Å². The number of aromatic amines is 2. The molecule has 3 heterocycles. The highest BCUT2D eigenvalue weighted by molar-refractivity contribution is 6.07. The van der Waals surface area contributed by atoms with Crippen molar-refractivity contribution >= 4 is 45.8 Å². The number of rotatable bonds is 18. The number of hydrogen-bond acceptors (Lipinski definition) is 9. The number of alkyl carbamates (subject to hydrolysis) is 2. The van der Waals surface area contributed by atoms with Gasteiger partial charge in [-0.3, -0.25) is 9.59 Å². The second kappa shape index (κ2) is 20.0. The summed E-state index contributed by atoms with van der Waals surface area (Å²) in [7, 11) is 2.59. The van der Waals surface area contributed by atoms with Gasteiger partial charge in [0.05, 0.1) is 50.2 Å². The molecule has 15 nitrogen and oxygen atoms in total. The van der Waals surface area contributed by atoms with E-state index >= 15 is 0 Å². The van der Waals surface area contributed by atoms with Crippen molar-refractivity contribution in [1.82, 2.24) is 40.4 Å². The zero-order chi connectivity index (χ0) is 43.8. The first-order chi connectivity index (χ1) is 29.4. The summed E-state index contributed by atoms with van der Waals surface area (Å²) in [6.07, 6.45) is 4.41. The molecular formula is C46H60N8O7. The van der Waals surface area contributed by atoms with Crippen molar-refractivity contribution < 1.29 is 33.4 Å². The molecule has 0 saturated heterocycles. The smallest absolute Gasteiger partial charge is 0.407 e. The number of unbranched alkanes of at least 4 members (excludes halogenated alkanes) is 1. The van der Waals surface area contributed by atoms with Crippen LogP contribution in [0, 0.1) is 11.8 Å². The molecule has 0 unspecified atom stereocenters.